The first kappa shape index (κ1) is 31.4. The van der Waals surface area contributed by atoms with Crippen molar-refractivity contribution in [1.82, 2.24) is 15.0 Å². The van der Waals surface area contributed by atoms with E-state index in [9.17, 15) is 0 Å². The van der Waals surface area contributed by atoms with E-state index in [-0.39, 0.29) is 0 Å². The Balaban J connectivity index is 1.19. The molecule has 8 rings (SSSR count). The molecule has 0 atom stereocenters. The highest BCUT2D eigenvalue weighted by molar-refractivity contribution is 5.99. The van der Waals surface area contributed by atoms with E-state index < -0.39 is 0 Å². The molecule has 0 fully saturated rings. The molecule has 0 unspecified atom stereocenters. The van der Waals surface area contributed by atoms with Crippen LogP contribution in [0.5, 0.6) is 0 Å². The Morgan fingerprint density at radius 3 is 2.04 bits per heavy atom. The fourth-order valence-electron chi connectivity index (χ4n) is 6.57. The minimum absolute atomic E-state index is 0.687. The third kappa shape index (κ3) is 6.61. The number of anilines is 2. The third-order valence-electron chi connectivity index (χ3n) is 9.27. The lowest BCUT2D eigenvalue weighted by atomic mass is 9.94. The first-order chi connectivity index (χ1) is 25.1. The molecule has 5 heteroatoms. The molecule has 3 aromatic heterocycles. The zero-order valence-electron chi connectivity index (χ0n) is 28.2. The second-order valence-corrected chi connectivity index (χ2v) is 12.4. The van der Waals surface area contributed by atoms with Gasteiger partial charge in [-0.1, -0.05) is 78.9 Å². The highest BCUT2D eigenvalue weighted by atomic mass is 14.9. The highest BCUT2D eigenvalue weighted by Gasteiger charge is 2.13. The molecular weight excluding hydrogens is 623 g/mol. The monoisotopic (exact) mass is 657 g/mol. The second-order valence-electron chi connectivity index (χ2n) is 12.4. The quantitative estimate of drug-likeness (QED) is 0.159. The molecule has 0 saturated heterocycles. The van der Waals surface area contributed by atoms with Crippen molar-refractivity contribution in [2.45, 2.75) is 6.92 Å². The Bertz CT molecular complexity index is 2570. The average molecular weight is 658 g/mol. The summed E-state index contributed by atoms with van der Waals surface area (Å²) in [4.78, 5) is 12.9. The van der Waals surface area contributed by atoms with Gasteiger partial charge in [-0.2, -0.15) is 0 Å². The van der Waals surface area contributed by atoms with Gasteiger partial charge in [0.25, 0.3) is 0 Å². The molecule has 8 aromatic rings. The number of nitrogens with one attached hydrogen (secondary N) is 1. The molecule has 0 saturated carbocycles. The molecule has 3 N–H and O–H groups in total. The second kappa shape index (κ2) is 13.9. The number of allylic oxidation sites excluding steroid dienone is 3. The smallest absolute Gasteiger partial charge is 0.0709 e. The minimum Gasteiger partial charge on any atom is -0.398 e. The van der Waals surface area contributed by atoms with Gasteiger partial charge in [0.2, 0.25) is 0 Å². The molecule has 244 valence electrons. The predicted molar refractivity (Wildman–Crippen MR) is 213 cm³/mol. The van der Waals surface area contributed by atoms with Crippen LogP contribution in [0.15, 0.2) is 177 Å². The van der Waals surface area contributed by atoms with Crippen molar-refractivity contribution in [2.24, 2.45) is 5.73 Å². The Kier molecular flexibility index (Phi) is 8.59. The Hall–Kier alpha value is -6.85. The molecule has 0 amide bonds. The van der Waals surface area contributed by atoms with Gasteiger partial charge in [0.05, 0.1) is 5.69 Å². The van der Waals surface area contributed by atoms with E-state index in [4.69, 9.17) is 5.73 Å². The summed E-state index contributed by atoms with van der Waals surface area (Å²) in [6, 6.07) is 46.8. The Morgan fingerprint density at radius 2 is 1.24 bits per heavy atom. The number of hydrogen-bond acceptors (Lipinski definition) is 5. The summed E-state index contributed by atoms with van der Waals surface area (Å²) < 4.78 is 0. The molecule has 0 bridgehead atoms. The molecule has 5 aromatic carbocycles. The molecule has 0 aliphatic carbocycles. The number of pyridine rings is 3. The summed E-state index contributed by atoms with van der Waals surface area (Å²) in [5.74, 6) is 0. The summed E-state index contributed by atoms with van der Waals surface area (Å²) in [6.45, 7) is 2.04. The molecular formula is C46H35N5. The van der Waals surface area contributed by atoms with Crippen LogP contribution >= 0.6 is 0 Å². The SMILES string of the molecule is C/C=C(\C=C(/N)c1ccncc1)c1ccc(-c2ccc3cc(-c4ccnc(-c5ccncc5)c4)ccc3c2)c(Nc2cccc3ccccc23)c1. The zero-order chi connectivity index (χ0) is 34.6. The summed E-state index contributed by atoms with van der Waals surface area (Å²) in [5.41, 5.74) is 18.8. The van der Waals surface area contributed by atoms with E-state index in [0.29, 0.717) is 5.70 Å². The number of hydrogen-bond donors (Lipinski definition) is 2. The summed E-state index contributed by atoms with van der Waals surface area (Å²) >= 11 is 0. The van der Waals surface area contributed by atoms with Crippen molar-refractivity contribution in [2.75, 3.05) is 5.32 Å². The van der Waals surface area contributed by atoms with E-state index in [2.05, 4.69) is 136 Å². The molecule has 3 heterocycles. The number of rotatable bonds is 8. The van der Waals surface area contributed by atoms with Crippen molar-refractivity contribution in [3.8, 4) is 33.5 Å². The lowest BCUT2D eigenvalue weighted by Crippen LogP contribution is -1.99. The number of nitrogens with zero attached hydrogens (tertiary/aromatic N) is 3. The van der Waals surface area contributed by atoms with Gasteiger partial charge in [-0.05, 0) is 118 Å². The highest BCUT2D eigenvalue weighted by Crippen LogP contribution is 2.38. The van der Waals surface area contributed by atoms with Gasteiger partial charge in [0.15, 0.2) is 0 Å². The van der Waals surface area contributed by atoms with Gasteiger partial charge in [-0.15, -0.1) is 0 Å². The van der Waals surface area contributed by atoms with Crippen LogP contribution in [0, 0.1) is 0 Å². The average Bonchev–Trinajstić information content (AvgIpc) is 3.20. The summed E-state index contributed by atoms with van der Waals surface area (Å²) in [5, 5.41) is 8.51. The maximum Gasteiger partial charge on any atom is 0.0709 e. The van der Waals surface area contributed by atoms with Crippen LogP contribution in [-0.4, -0.2) is 15.0 Å². The van der Waals surface area contributed by atoms with Crippen molar-refractivity contribution >= 4 is 44.2 Å². The zero-order valence-corrected chi connectivity index (χ0v) is 28.2. The molecule has 0 radical (unpaired) electrons. The summed E-state index contributed by atoms with van der Waals surface area (Å²) in [7, 11) is 0. The number of benzene rings is 5. The van der Waals surface area contributed by atoms with Crippen LogP contribution in [-0.2, 0) is 0 Å². The molecule has 51 heavy (non-hydrogen) atoms. The fraction of sp³-hybridized carbons (Fsp3) is 0.0217. The topological polar surface area (TPSA) is 76.7 Å². The maximum atomic E-state index is 6.56. The molecule has 0 aliphatic heterocycles. The van der Waals surface area contributed by atoms with Crippen molar-refractivity contribution in [3.63, 3.8) is 0 Å². The Labute approximate surface area is 297 Å². The minimum atomic E-state index is 0.687. The van der Waals surface area contributed by atoms with Gasteiger partial charge < -0.3 is 11.1 Å². The van der Waals surface area contributed by atoms with Crippen molar-refractivity contribution in [3.05, 3.63) is 188 Å². The van der Waals surface area contributed by atoms with Gasteiger partial charge in [-0.3, -0.25) is 15.0 Å². The predicted octanol–water partition coefficient (Wildman–Crippen LogP) is 11.3. The standard InChI is InChI=1S/C46H35N5/c1-2-31(28-43(47)33-16-21-48-22-17-33)38-14-15-42(46(30-38)51-44-9-5-7-32-6-3-4-8-41(32)44)40-13-12-35-26-36(10-11-37(35)27-40)39-20-25-50-45(29-39)34-18-23-49-24-19-34/h2-30,51H,47H2,1H3/b31-2+,43-28-. The molecule has 0 spiro atoms. The normalized spacial score (nSPS) is 11.9. The third-order valence-corrected chi connectivity index (χ3v) is 9.27. The van der Waals surface area contributed by atoms with E-state index in [1.54, 1.807) is 24.8 Å². The van der Waals surface area contributed by atoms with Crippen LogP contribution in [0.3, 0.4) is 0 Å². The van der Waals surface area contributed by atoms with Crippen LogP contribution in [0.4, 0.5) is 11.4 Å². The van der Waals surface area contributed by atoms with Gasteiger partial charge in [0.1, 0.15) is 0 Å². The summed E-state index contributed by atoms with van der Waals surface area (Å²) in [6.07, 6.45) is 13.1. The first-order valence-electron chi connectivity index (χ1n) is 17.0. The molecule has 0 aliphatic rings. The molecule has 5 nitrogen and oxygen atoms in total. The van der Waals surface area contributed by atoms with Crippen LogP contribution in [0.1, 0.15) is 18.1 Å². The number of fused-ring (bicyclic) bond motifs is 2. The van der Waals surface area contributed by atoms with Gasteiger partial charge >= 0.3 is 0 Å². The first-order valence-corrected chi connectivity index (χ1v) is 17.0. The van der Waals surface area contributed by atoms with E-state index in [0.717, 1.165) is 61.6 Å². The van der Waals surface area contributed by atoms with Crippen molar-refractivity contribution < 1.29 is 0 Å². The van der Waals surface area contributed by atoms with Crippen LogP contribution in [0.2, 0.25) is 0 Å². The van der Waals surface area contributed by atoms with Gasteiger partial charge in [-0.25, -0.2) is 0 Å². The lowest BCUT2D eigenvalue weighted by molar-refractivity contribution is 1.29. The van der Waals surface area contributed by atoms with E-state index in [1.165, 1.54) is 21.5 Å². The fourth-order valence-corrected chi connectivity index (χ4v) is 6.57. The lowest BCUT2D eigenvalue weighted by Gasteiger charge is -2.17. The largest absolute Gasteiger partial charge is 0.398 e. The van der Waals surface area contributed by atoms with Crippen LogP contribution < -0.4 is 11.1 Å². The van der Waals surface area contributed by atoms with Crippen molar-refractivity contribution in [1.29, 1.82) is 0 Å². The van der Waals surface area contributed by atoms with E-state index >= 15 is 0 Å². The van der Waals surface area contributed by atoms with Gasteiger partial charge in [0, 0.05) is 70.1 Å². The maximum absolute atomic E-state index is 6.56. The Morgan fingerprint density at radius 1 is 0.549 bits per heavy atom. The van der Waals surface area contributed by atoms with E-state index in [1.807, 2.05) is 43.5 Å². The van der Waals surface area contributed by atoms with Crippen LogP contribution in [0.25, 0.3) is 66.3 Å². The number of nitrogens with two attached hydrogens (primary N) is 1. The number of aromatic nitrogens is 3.